The molecule has 1 saturated carbocycles. The first-order valence-corrected chi connectivity index (χ1v) is 7.51. The number of hydrogen-bond donors (Lipinski definition) is 1. The number of aromatic carboxylic acids is 1. The first kappa shape index (κ1) is 12.6. The molecule has 2 aliphatic rings. The van der Waals surface area contributed by atoms with Crippen molar-refractivity contribution in [1.82, 2.24) is 4.98 Å². The highest BCUT2D eigenvalue weighted by Crippen LogP contribution is 2.64. The summed E-state index contributed by atoms with van der Waals surface area (Å²) in [5, 5.41) is 9.19. The van der Waals surface area contributed by atoms with Crippen molar-refractivity contribution in [3.05, 3.63) is 52.7 Å². The number of nitrogens with zero attached hydrogens (tertiary/aromatic N) is 1. The fourth-order valence-electron chi connectivity index (χ4n) is 3.82. The largest absolute Gasteiger partial charge is 0.475 e. The Kier molecular flexibility index (Phi) is 2.67. The van der Waals surface area contributed by atoms with Crippen LogP contribution < -0.4 is 0 Å². The maximum Gasteiger partial charge on any atom is 0.373 e. The van der Waals surface area contributed by atoms with E-state index in [0.29, 0.717) is 29.8 Å². The average molecular weight is 283 g/mol. The van der Waals surface area contributed by atoms with Gasteiger partial charge in [-0.1, -0.05) is 31.2 Å². The van der Waals surface area contributed by atoms with Gasteiger partial charge in [-0.25, -0.2) is 9.78 Å². The maximum absolute atomic E-state index is 11.2. The molecule has 1 N–H and O–H groups in total. The average Bonchev–Trinajstić information content (AvgIpc) is 3.08. The van der Waals surface area contributed by atoms with Gasteiger partial charge in [0.05, 0.1) is 5.69 Å². The SMILES string of the molecule is CCc1nc(C2C3CCc4ccccc4C32)oc1C(=O)O. The van der Waals surface area contributed by atoms with Gasteiger partial charge in [-0.3, -0.25) is 0 Å². The second kappa shape index (κ2) is 4.45. The van der Waals surface area contributed by atoms with E-state index >= 15 is 0 Å². The van der Waals surface area contributed by atoms with Crippen LogP contribution in [0.25, 0.3) is 0 Å². The summed E-state index contributed by atoms with van der Waals surface area (Å²) in [4.78, 5) is 15.7. The van der Waals surface area contributed by atoms with Crippen molar-refractivity contribution in [2.75, 3.05) is 0 Å². The normalized spacial score (nSPS) is 26.0. The molecule has 4 nitrogen and oxygen atoms in total. The number of benzene rings is 1. The van der Waals surface area contributed by atoms with Crippen LogP contribution in [0.3, 0.4) is 0 Å². The Morgan fingerprint density at radius 2 is 2.19 bits per heavy atom. The Morgan fingerprint density at radius 3 is 2.90 bits per heavy atom. The molecule has 3 atom stereocenters. The Bertz CT molecular complexity index is 719. The molecule has 0 radical (unpaired) electrons. The molecule has 108 valence electrons. The summed E-state index contributed by atoms with van der Waals surface area (Å²) in [7, 11) is 0. The van der Waals surface area contributed by atoms with E-state index in [9.17, 15) is 9.90 Å². The van der Waals surface area contributed by atoms with E-state index in [2.05, 4.69) is 29.2 Å². The lowest BCUT2D eigenvalue weighted by Gasteiger charge is -2.13. The van der Waals surface area contributed by atoms with Crippen molar-refractivity contribution in [3.8, 4) is 0 Å². The minimum atomic E-state index is -1.02. The molecule has 2 aliphatic carbocycles. The van der Waals surface area contributed by atoms with Gasteiger partial charge in [-0.2, -0.15) is 0 Å². The second-order valence-corrected chi connectivity index (χ2v) is 5.94. The maximum atomic E-state index is 11.2. The Labute approximate surface area is 122 Å². The lowest BCUT2D eigenvalue weighted by molar-refractivity contribution is 0.0658. The zero-order valence-corrected chi connectivity index (χ0v) is 11.9. The van der Waals surface area contributed by atoms with Crippen LogP contribution in [0, 0.1) is 5.92 Å². The number of rotatable bonds is 3. The third-order valence-electron chi connectivity index (χ3n) is 4.86. The van der Waals surface area contributed by atoms with Crippen LogP contribution in [-0.2, 0) is 12.8 Å². The number of oxazole rings is 1. The molecule has 1 aromatic heterocycles. The molecule has 1 aromatic carbocycles. The molecule has 0 aliphatic heterocycles. The molecule has 21 heavy (non-hydrogen) atoms. The minimum absolute atomic E-state index is 0.0180. The van der Waals surface area contributed by atoms with Crippen molar-refractivity contribution in [3.63, 3.8) is 0 Å². The zero-order chi connectivity index (χ0) is 14.6. The van der Waals surface area contributed by atoms with Crippen LogP contribution in [0.4, 0.5) is 0 Å². The summed E-state index contributed by atoms with van der Waals surface area (Å²) in [5.41, 5.74) is 3.38. The molecule has 1 fully saturated rings. The topological polar surface area (TPSA) is 63.3 Å². The van der Waals surface area contributed by atoms with Crippen LogP contribution in [-0.4, -0.2) is 16.1 Å². The van der Waals surface area contributed by atoms with E-state index in [1.807, 2.05) is 6.92 Å². The highest BCUT2D eigenvalue weighted by Gasteiger charge is 2.56. The zero-order valence-electron chi connectivity index (χ0n) is 11.9. The number of carbonyl (C=O) groups is 1. The number of aromatic nitrogens is 1. The van der Waals surface area contributed by atoms with Crippen molar-refractivity contribution < 1.29 is 14.3 Å². The molecule has 4 rings (SSSR count). The lowest BCUT2D eigenvalue weighted by atomic mass is 9.92. The van der Waals surface area contributed by atoms with Crippen molar-refractivity contribution in [1.29, 1.82) is 0 Å². The van der Waals surface area contributed by atoms with Gasteiger partial charge in [0.1, 0.15) is 0 Å². The number of aryl methyl sites for hydroxylation is 2. The third-order valence-corrected chi connectivity index (χ3v) is 4.86. The number of carboxylic acid groups (broad SMARTS) is 1. The monoisotopic (exact) mass is 283 g/mol. The van der Waals surface area contributed by atoms with Crippen LogP contribution in [0.1, 0.15) is 58.4 Å². The number of carboxylic acids is 1. The van der Waals surface area contributed by atoms with E-state index in [-0.39, 0.29) is 11.7 Å². The van der Waals surface area contributed by atoms with E-state index in [4.69, 9.17) is 4.42 Å². The Balaban J connectivity index is 1.70. The summed E-state index contributed by atoms with van der Waals surface area (Å²) in [6, 6.07) is 8.54. The lowest BCUT2D eigenvalue weighted by Crippen LogP contribution is -2.00. The molecule has 0 saturated heterocycles. The van der Waals surface area contributed by atoms with Crippen LogP contribution in [0.2, 0.25) is 0 Å². The highest BCUT2D eigenvalue weighted by molar-refractivity contribution is 5.85. The summed E-state index contributed by atoms with van der Waals surface area (Å²) in [6.45, 7) is 1.91. The smallest absolute Gasteiger partial charge is 0.373 e. The van der Waals surface area contributed by atoms with Gasteiger partial charge in [-0.05, 0) is 42.2 Å². The van der Waals surface area contributed by atoms with Gasteiger partial charge in [0.15, 0.2) is 5.89 Å². The predicted molar refractivity (Wildman–Crippen MR) is 76.6 cm³/mol. The minimum Gasteiger partial charge on any atom is -0.475 e. The second-order valence-electron chi connectivity index (χ2n) is 5.94. The molecular weight excluding hydrogens is 266 g/mol. The predicted octanol–water partition coefficient (Wildman–Crippen LogP) is 3.38. The number of fused-ring (bicyclic) bond motifs is 3. The first-order chi connectivity index (χ1) is 10.2. The van der Waals surface area contributed by atoms with E-state index in [1.165, 1.54) is 11.1 Å². The molecule has 2 aromatic rings. The Morgan fingerprint density at radius 1 is 1.38 bits per heavy atom. The number of hydrogen-bond acceptors (Lipinski definition) is 3. The van der Waals surface area contributed by atoms with Crippen LogP contribution in [0.5, 0.6) is 0 Å². The van der Waals surface area contributed by atoms with Gasteiger partial charge in [-0.15, -0.1) is 0 Å². The van der Waals surface area contributed by atoms with Gasteiger partial charge >= 0.3 is 5.97 Å². The van der Waals surface area contributed by atoms with E-state index < -0.39 is 5.97 Å². The molecule has 0 spiro atoms. The summed E-state index contributed by atoms with van der Waals surface area (Å²) in [5.74, 6) is 0.895. The summed E-state index contributed by atoms with van der Waals surface area (Å²) < 4.78 is 5.59. The van der Waals surface area contributed by atoms with E-state index in [1.54, 1.807) is 0 Å². The summed E-state index contributed by atoms with van der Waals surface area (Å²) in [6.07, 6.45) is 2.82. The first-order valence-electron chi connectivity index (χ1n) is 7.51. The molecule has 4 heteroatoms. The fourth-order valence-corrected chi connectivity index (χ4v) is 3.82. The van der Waals surface area contributed by atoms with Gasteiger partial charge < -0.3 is 9.52 Å². The molecule has 3 unspecified atom stereocenters. The van der Waals surface area contributed by atoms with Gasteiger partial charge in [0, 0.05) is 5.92 Å². The third kappa shape index (κ3) is 1.82. The van der Waals surface area contributed by atoms with Crippen LogP contribution in [0.15, 0.2) is 28.7 Å². The molecule has 0 bridgehead atoms. The molecular formula is C17H17NO3. The van der Waals surface area contributed by atoms with Gasteiger partial charge in [0.25, 0.3) is 0 Å². The highest BCUT2D eigenvalue weighted by atomic mass is 16.4. The fraction of sp³-hybridized carbons (Fsp3) is 0.412. The van der Waals surface area contributed by atoms with E-state index in [0.717, 1.165) is 12.8 Å². The van der Waals surface area contributed by atoms with Crippen molar-refractivity contribution in [2.45, 2.75) is 38.0 Å². The van der Waals surface area contributed by atoms with Gasteiger partial charge in [0.2, 0.25) is 5.76 Å². The molecule has 0 amide bonds. The Hall–Kier alpha value is -2.10. The van der Waals surface area contributed by atoms with Crippen molar-refractivity contribution >= 4 is 5.97 Å². The van der Waals surface area contributed by atoms with Crippen LogP contribution >= 0.6 is 0 Å². The standard InChI is InChI=1S/C17H17NO3/c1-2-12-15(17(19)20)21-16(18-12)14-11-8-7-9-5-3-4-6-10(9)13(11)14/h3-6,11,13-14H,2,7-8H2,1H3,(H,19,20). The molecule has 1 heterocycles. The summed E-state index contributed by atoms with van der Waals surface area (Å²) >= 11 is 0. The van der Waals surface area contributed by atoms with Crippen molar-refractivity contribution in [2.24, 2.45) is 5.92 Å². The quantitative estimate of drug-likeness (QED) is 0.938.